The summed E-state index contributed by atoms with van der Waals surface area (Å²) in [5, 5.41) is 0.722. The molecule has 0 amide bonds. The number of aromatic nitrogens is 2. The van der Waals surface area contributed by atoms with Crippen molar-refractivity contribution in [1.29, 1.82) is 0 Å². The van der Waals surface area contributed by atoms with Crippen LogP contribution in [0.25, 0.3) is 10.7 Å². The summed E-state index contributed by atoms with van der Waals surface area (Å²) in [6, 6.07) is 2.95. The molecule has 0 spiro atoms. The molecule has 2 aromatic rings. The minimum absolute atomic E-state index is 0.352. The SMILES string of the molecule is Cc1sc(-c2ccc(F)cn2)nc1N. The highest BCUT2D eigenvalue weighted by Gasteiger charge is 2.07. The van der Waals surface area contributed by atoms with Crippen molar-refractivity contribution in [3.63, 3.8) is 0 Å². The highest BCUT2D eigenvalue weighted by atomic mass is 32.1. The summed E-state index contributed by atoms with van der Waals surface area (Å²) in [5.74, 6) is 0.158. The molecule has 72 valence electrons. The van der Waals surface area contributed by atoms with E-state index in [0.717, 1.165) is 9.88 Å². The Labute approximate surface area is 84.4 Å². The van der Waals surface area contributed by atoms with Crippen LogP contribution in [0.5, 0.6) is 0 Å². The molecule has 0 aliphatic carbocycles. The average molecular weight is 209 g/mol. The molecule has 0 bridgehead atoms. The Morgan fingerprint density at radius 2 is 2.21 bits per heavy atom. The number of rotatable bonds is 1. The fraction of sp³-hybridized carbons (Fsp3) is 0.111. The maximum absolute atomic E-state index is 12.6. The number of halogens is 1. The van der Waals surface area contributed by atoms with Crippen molar-refractivity contribution in [3.05, 3.63) is 29.0 Å². The molecule has 0 aromatic carbocycles. The van der Waals surface area contributed by atoms with Crippen LogP contribution in [-0.4, -0.2) is 9.97 Å². The average Bonchev–Trinajstić information content (AvgIpc) is 2.48. The maximum Gasteiger partial charge on any atom is 0.144 e. The first kappa shape index (κ1) is 9.08. The van der Waals surface area contributed by atoms with Crippen LogP contribution in [-0.2, 0) is 0 Å². The van der Waals surface area contributed by atoms with E-state index in [9.17, 15) is 4.39 Å². The Balaban J connectivity index is 2.44. The Morgan fingerprint density at radius 3 is 2.71 bits per heavy atom. The number of anilines is 1. The van der Waals surface area contributed by atoms with Crippen LogP contribution in [0.2, 0.25) is 0 Å². The third-order valence-corrected chi connectivity index (χ3v) is 2.79. The van der Waals surface area contributed by atoms with E-state index in [2.05, 4.69) is 9.97 Å². The van der Waals surface area contributed by atoms with Gasteiger partial charge in [0.1, 0.15) is 16.6 Å². The lowest BCUT2D eigenvalue weighted by Gasteiger charge is -1.93. The zero-order valence-electron chi connectivity index (χ0n) is 7.49. The summed E-state index contributed by atoms with van der Waals surface area (Å²) < 4.78 is 12.6. The normalized spacial score (nSPS) is 10.4. The van der Waals surface area contributed by atoms with E-state index in [0.29, 0.717) is 11.5 Å². The molecule has 0 unspecified atom stereocenters. The van der Waals surface area contributed by atoms with Gasteiger partial charge in [0, 0.05) is 4.88 Å². The molecule has 0 aliphatic rings. The van der Waals surface area contributed by atoms with Gasteiger partial charge < -0.3 is 5.73 Å². The number of pyridine rings is 1. The first-order valence-electron chi connectivity index (χ1n) is 4.01. The van der Waals surface area contributed by atoms with E-state index in [1.807, 2.05) is 6.92 Å². The van der Waals surface area contributed by atoms with Gasteiger partial charge in [-0.1, -0.05) is 0 Å². The molecule has 0 saturated heterocycles. The zero-order chi connectivity index (χ0) is 10.1. The lowest BCUT2D eigenvalue weighted by molar-refractivity contribution is 0.622. The molecular formula is C9H8FN3S. The van der Waals surface area contributed by atoms with Crippen LogP contribution < -0.4 is 5.73 Å². The van der Waals surface area contributed by atoms with Gasteiger partial charge in [0.25, 0.3) is 0 Å². The molecule has 2 aromatic heterocycles. The number of hydrogen-bond acceptors (Lipinski definition) is 4. The van der Waals surface area contributed by atoms with Gasteiger partial charge >= 0.3 is 0 Å². The van der Waals surface area contributed by atoms with Gasteiger partial charge in [-0.15, -0.1) is 11.3 Å². The summed E-state index contributed by atoms with van der Waals surface area (Å²) in [7, 11) is 0. The van der Waals surface area contributed by atoms with Gasteiger partial charge in [-0.3, -0.25) is 4.98 Å². The second-order valence-electron chi connectivity index (χ2n) is 2.82. The van der Waals surface area contributed by atoms with Crippen LogP contribution in [0.1, 0.15) is 4.88 Å². The summed E-state index contributed by atoms with van der Waals surface area (Å²) in [5.41, 5.74) is 6.25. The van der Waals surface area contributed by atoms with E-state index >= 15 is 0 Å². The fourth-order valence-corrected chi connectivity index (χ4v) is 1.83. The summed E-state index contributed by atoms with van der Waals surface area (Å²) in [4.78, 5) is 8.99. The smallest absolute Gasteiger partial charge is 0.144 e. The van der Waals surface area contributed by atoms with Crippen molar-refractivity contribution >= 4 is 17.2 Å². The lowest BCUT2D eigenvalue weighted by atomic mass is 10.3. The van der Waals surface area contributed by atoms with Crippen molar-refractivity contribution in [1.82, 2.24) is 9.97 Å². The van der Waals surface area contributed by atoms with E-state index in [4.69, 9.17) is 5.73 Å². The van der Waals surface area contributed by atoms with Crippen molar-refractivity contribution in [2.24, 2.45) is 0 Å². The minimum Gasteiger partial charge on any atom is -0.383 e. The molecule has 2 heterocycles. The highest BCUT2D eigenvalue weighted by Crippen LogP contribution is 2.27. The second-order valence-corrected chi connectivity index (χ2v) is 4.03. The van der Waals surface area contributed by atoms with Gasteiger partial charge in [-0.2, -0.15) is 0 Å². The van der Waals surface area contributed by atoms with Crippen molar-refractivity contribution in [2.75, 3.05) is 5.73 Å². The Bertz CT molecular complexity index is 430. The molecule has 3 nitrogen and oxygen atoms in total. The van der Waals surface area contributed by atoms with Gasteiger partial charge in [0.15, 0.2) is 0 Å². The second kappa shape index (κ2) is 3.34. The van der Waals surface area contributed by atoms with E-state index in [1.54, 1.807) is 6.07 Å². The van der Waals surface area contributed by atoms with Crippen LogP contribution in [0.15, 0.2) is 18.3 Å². The highest BCUT2D eigenvalue weighted by molar-refractivity contribution is 7.15. The standard InChI is InChI=1S/C9H8FN3S/c1-5-8(11)13-9(14-5)7-3-2-6(10)4-12-7/h2-4H,11H2,1H3. The van der Waals surface area contributed by atoms with Crippen molar-refractivity contribution in [3.8, 4) is 10.7 Å². The first-order chi connectivity index (χ1) is 6.66. The number of nitrogens with zero attached hydrogens (tertiary/aromatic N) is 2. The number of hydrogen-bond donors (Lipinski definition) is 1. The van der Waals surface area contributed by atoms with Crippen LogP contribution in [0.4, 0.5) is 10.2 Å². The zero-order valence-corrected chi connectivity index (χ0v) is 8.31. The van der Waals surface area contributed by atoms with E-state index < -0.39 is 0 Å². The third kappa shape index (κ3) is 1.58. The van der Waals surface area contributed by atoms with Gasteiger partial charge in [-0.05, 0) is 19.1 Å². The molecule has 5 heteroatoms. The summed E-state index contributed by atoms with van der Waals surface area (Å²) in [6.07, 6.45) is 1.17. The van der Waals surface area contributed by atoms with E-state index in [1.165, 1.54) is 23.6 Å². The van der Waals surface area contributed by atoms with Crippen molar-refractivity contribution < 1.29 is 4.39 Å². The van der Waals surface area contributed by atoms with Gasteiger partial charge in [0.05, 0.1) is 11.9 Å². The third-order valence-electron chi connectivity index (χ3n) is 1.78. The van der Waals surface area contributed by atoms with Crippen LogP contribution >= 0.6 is 11.3 Å². The van der Waals surface area contributed by atoms with Crippen molar-refractivity contribution in [2.45, 2.75) is 6.92 Å². The molecule has 0 atom stereocenters. The molecule has 0 radical (unpaired) electrons. The summed E-state index contributed by atoms with van der Waals surface area (Å²) in [6.45, 7) is 1.89. The van der Waals surface area contributed by atoms with Gasteiger partial charge in [-0.25, -0.2) is 9.37 Å². The van der Waals surface area contributed by atoms with Crippen LogP contribution in [0, 0.1) is 12.7 Å². The van der Waals surface area contributed by atoms with E-state index in [-0.39, 0.29) is 5.82 Å². The molecule has 14 heavy (non-hydrogen) atoms. The Kier molecular flexibility index (Phi) is 2.17. The molecule has 0 fully saturated rings. The van der Waals surface area contributed by atoms with Gasteiger partial charge in [0.2, 0.25) is 0 Å². The monoisotopic (exact) mass is 209 g/mol. The maximum atomic E-state index is 12.6. The summed E-state index contributed by atoms with van der Waals surface area (Å²) >= 11 is 1.45. The Morgan fingerprint density at radius 1 is 1.43 bits per heavy atom. The molecule has 2 rings (SSSR count). The predicted molar refractivity (Wildman–Crippen MR) is 54.5 cm³/mol. The predicted octanol–water partition coefficient (Wildman–Crippen LogP) is 2.23. The van der Waals surface area contributed by atoms with Crippen LogP contribution in [0.3, 0.4) is 0 Å². The lowest BCUT2D eigenvalue weighted by Crippen LogP contribution is -1.87. The Hall–Kier alpha value is -1.49. The molecule has 0 saturated carbocycles. The molecular weight excluding hydrogens is 201 g/mol. The number of aryl methyl sites for hydroxylation is 1. The molecule has 0 aliphatic heterocycles. The fourth-order valence-electron chi connectivity index (χ4n) is 1.02. The first-order valence-corrected chi connectivity index (χ1v) is 4.83. The minimum atomic E-state index is -0.352. The topological polar surface area (TPSA) is 51.8 Å². The largest absolute Gasteiger partial charge is 0.383 e. The number of thiazole rings is 1. The quantitative estimate of drug-likeness (QED) is 0.783. The number of nitrogens with two attached hydrogens (primary N) is 1. The molecule has 2 N–H and O–H groups in total. The number of nitrogen functional groups attached to an aromatic ring is 1.